The molecule has 7 nitrogen and oxygen atoms in total. The second-order valence-corrected chi connectivity index (χ2v) is 7.58. The number of nitrogens with zero attached hydrogens (tertiary/aromatic N) is 2. The van der Waals surface area contributed by atoms with Crippen LogP contribution in [0, 0.1) is 22.9 Å². The molecule has 1 aliphatic heterocycles. The fourth-order valence-electron chi connectivity index (χ4n) is 4.11. The van der Waals surface area contributed by atoms with Crippen molar-refractivity contribution in [1.82, 2.24) is 0 Å². The van der Waals surface area contributed by atoms with Gasteiger partial charge < -0.3 is 4.42 Å². The standard InChI is InChI=1S/C24H15FN2O5/c1-13-4-2-6-16(10-13)26-21(14-5-3-7-17(11-14)27(30)31)20-22(28)18-12-15(25)8-9-19(18)32-23(20)24(26)29/h2-12,21H,1H3. The maximum atomic E-state index is 13.9. The first kappa shape index (κ1) is 19.6. The molecule has 0 spiro atoms. The molecule has 0 fully saturated rings. The number of fused-ring (bicyclic) bond motifs is 2. The van der Waals surface area contributed by atoms with E-state index >= 15 is 0 Å². The molecule has 0 N–H and O–H groups in total. The Kier molecular flexibility index (Phi) is 4.37. The summed E-state index contributed by atoms with van der Waals surface area (Å²) in [7, 11) is 0. The van der Waals surface area contributed by atoms with Gasteiger partial charge in [-0.1, -0.05) is 24.3 Å². The molecule has 3 aromatic carbocycles. The number of benzene rings is 3. The van der Waals surface area contributed by atoms with E-state index in [0.717, 1.165) is 17.7 Å². The predicted octanol–water partition coefficient (Wildman–Crippen LogP) is 4.90. The number of rotatable bonds is 3. The van der Waals surface area contributed by atoms with Gasteiger partial charge in [0.05, 0.1) is 21.9 Å². The van der Waals surface area contributed by atoms with E-state index in [0.29, 0.717) is 11.3 Å². The fourth-order valence-corrected chi connectivity index (χ4v) is 4.11. The Bertz CT molecular complexity index is 1490. The van der Waals surface area contributed by atoms with Crippen LogP contribution < -0.4 is 10.3 Å². The second kappa shape index (κ2) is 7.12. The smallest absolute Gasteiger partial charge is 0.295 e. The van der Waals surface area contributed by atoms with Gasteiger partial charge in [-0.3, -0.25) is 24.6 Å². The molecule has 2 heterocycles. The first-order chi connectivity index (χ1) is 15.3. The SMILES string of the molecule is Cc1cccc(N2C(=O)c3oc4ccc(F)cc4c(=O)c3C2c2cccc([N+](=O)[O-])c2)c1. The van der Waals surface area contributed by atoms with Crippen molar-refractivity contribution in [3.63, 3.8) is 0 Å². The van der Waals surface area contributed by atoms with E-state index in [1.807, 2.05) is 13.0 Å². The van der Waals surface area contributed by atoms with Crippen LogP contribution in [0.5, 0.6) is 0 Å². The lowest BCUT2D eigenvalue weighted by Crippen LogP contribution is -2.29. The highest BCUT2D eigenvalue weighted by Gasteiger charge is 2.44. The lowest BCUT2D eigenvalue weighted by Gasteiger charge is -2.25. The molecule has 0 radical (unpaired) electrons. The van der Waals surface area contributed by atoms with Crippen LogP contribution in [0.25, 0.3) is 11.0 Å². The van der Waals surface area contributed by atoms with Gasteiger partial charge in [-0.25, -0.2) is 4.39 Å². The van der Waals surface area contributed by atoms with Crippen molar-refractivity contribution in [2.45, 2.75) is 13.0 Å². The number of carbonyl (C=O) groups is 1. The van der Waals surface area contributed by atoms with Crippen molar-refractivity contribution in [2.75, 3.05) is 4.90 Å². The van der Waals surface area contributed by atoms with Crippen LogP contribution in [0.15, 0.2) is 75.9 Å². The molecule has 1 aliphatic rings. The van der Waals surface area contributed by atoms with Gasteiger partial charge in [-0.15, -0.1) is 0 Å². The molecule has 8 heteroatoms. The van der Waals surface area contributed by atoms with Crippen molar-refractivity contribution < 1.29 is 18.5 Å². The number of anilines is 1. The maximum absolute atomic E-state index is 13.9. The summed E-state index contributed by atoms with van der Waals surface area (Å²) in [5, 5.41) is 11.4. The van der Waals surface area contributed by atoms with E-state index in [1.54, 1.807) is 24.3 Å². The number of halogens is 1. The molecule has 1 amide bonds. The number of aryl methyl sites for hydroxylation is 1. The summed E-state index contributed by atoms with van der Waals surface area (Å²) in [5.41, 5.74) is 1.14. The van der Waals surface area contributed by atoms with Crippen LogP contribution in [0.2, 0.25) is 0 Å². The number of nitro groups is 1. The number of amides is 1. The van der Waals surface area contributed by atoms with Crippen LogP contribution in [0.4, 0.5) is 15.8 Å². The molecule has 32 heavy (non-hydrogen) atoms. The van der Waals surface area contributed by atoms with Crippen molar-refractivity contribution in [2.24, 2.45) is 0 Å². The second-order valence-electron chi connectivity index (χ2n) is 7.58. The van der Waals surface area contributed by atoms with Gasteiger partial charge in [-0.2, -0.15) is 0 Å². The minimum absolute atomic E-state index is 0.00178. The van der Waals surface area contributed by atoms with E-state index in [-0.39, 0.29) is 28.0 Å². The van der Waals surface area contributed by atoms with Crippen molar-refractivity contribution in [3.05, 3.63) is 115 Å². The number of carbonyl (C=O) groups excluding carboxylic acids is 1. The molecule has 5 rings (SSSR count). The molecule has 4 aromatic rings. The largest absolute Gasteiger partial charge is 0.450 e. The normalized spacial score (nSPS) is 15.2. The third-order valence-electron chi connectivity index (χ3n) is 5.51. The molecule has 1 unspecified atom stereocenters. The highest BCUT2D eigenvalue weighted by Crippen LogP contribution is 2.42. The monoisotopic (exact) mass is 430 g/mol. The average Bonchev–Trinajstić information content (AvgIpc) is 3.07. The predicted molar refractivity (Wildman–Crippen MR) is 115 cm³/mol. The molecule has 0 bridgehead atoms. The zero-order valence-corrected chi connectivity index (χ0v) is 16.7. The topological polar surface area (TPSA) is 93.7 Å². The van der Waals surface area contributed by atoms with Crippen molar-refractivity contribution in [1.29, 1.82) is 0 Å². The van der Waals surface area contributed by atoms with Gasteiger partial charge in [0.1, 0.15) is 11.4 Å². The molecular weight excluding hydrogens is 415 g/mol. The summed E-state index contributed by atoms with van der Waals surface area (Å²) in [5.74, 6) is -1.32. The lowest BCUT2D eigenvalue weighted by atomic mass is 9.97. The Labute approximate surface area is 180 Å². The van der Waals surface area contributed by atoms with Crippen LogP contribution >= 0.6 is 0 Å². The van der Waals surface area contributed by atoms with Crippen LogP contribution in [-0.2, 0) is 0 Å². The van der Waals surface area contributed by atoms with E-state index in [9.17, 15) is 24.1 Å². The van der Waals surface area contributed by atoms with E-state index in [1.165, 1.54) is 29.2 Å². The summed E-state index contributed by atoms with van der Waals surface area (Å²) in [6.45, 7) is 1.86. The minimum atomic E-state index is -0.969. The van der Waals surface area contributed by atoms with Gasteiger partial charge >= 0.3 is 0 Å². The zero-order valence-electron chi connectivity index (χ0n) is 16.7. The first-order valence-corrected chi connectivity index (χ1v) is 9.76. The fraction of sp³-hybridized carbons (Fsp3) is 0.0833. The summed E-state index contributed by atoms with van der Waals surface area (Å²) < 4.78 is 19.6. The van der Waals surface area contributed by atoms with Crippen LogP contribution in [0.1, 0.15) is 33.3 Å². The summed E-state index contributed by atoms with van der Waals surface area (Å²) in [6.07, 6.45) is 0. The zero-order chi connectivity index (χ0) is 22.6. The van der Waals surface area contributed by atoms with Crippen LogP contribution in [0.3, 0.4) is 0 Å². The molecule has 158 valence electrons. The van der Waals surface area contributed by atoms with E-state index in [2.05, 4.69) is 0 Å². The Morgan fingerprint density at radius 2 is 1.81 bits per heavy atom. The average molecular weight is 430 g/mol. The summed E-state index contributed by atoms with van der Waals surface area (Å²) in [4.78, 5) is 39.1. The van der Waals surface area contributed by atoms with E-state index in [4.69, 9.17) is 4.42 Å². The number of hydrogen-bond donors (Lipinski definition) is 0. The number of non-ortho nitro benzene ring substituents is 1. The van der Waals surface area contributed by atoms with E-state index < -0.39 is 28.1 Å². The summed E-state index contributed by atoms with van der Waals surface area (Å²) >= 11 is 0. The molecule has 1 aromatic heterocycles. The third kappa shape index (κ3) is 2.96. The van der Waals surface area contributed by atoms with Gasteiger partial charge in [0.15, 0.2) is 5.43 Å². The molecule has 0 saturated carbocycles. The summed E-state index contributed by atoms with van der Waals surface area (Å²) in [6, 6.07) is 15.4. The number of hydrogen-bond acceptors (Lipinski definition) is 5. The molecule has 0 saturated heterocycles. The molecular formula is C24H15FN2O5. The quantitative estimate of drug-likeness (QED) is 0.340. The lowest BCUT2D eigenvalue weighted by molar-refractivity contribution is -0.384. The van der Waals surface area contributed by atoms with Gasteiger partial charge in [0.25, 0.3) is 11.6 Å². The van der Waals surface area contributed by atoms with Crippen molar-refractivity contribution >= 4 is 28.3 Å². The Morgan fingerprint density at radius 1 is 1.03 bits per heavy atom. The Morgan fingerprint density at radius 3 is 2.56 bits per heavy atom. The molecule has 0 aliphatic carbocycles. The van der Waals surface area contributed by atoms with Gasteiger partial charge in [0, 0.05) is 17.8 Å². The highest BCUT2D eigenvalue weighted by molar-refractivity contribution is 6.10. The van der Waals surface area contributed by atoms with Gasteiger partial charge in [0.2, 0.25) is 5.76 Å². The Balaban J connectivity index is 1.83. The molecule has 1 atom stereocenters. The highest BCUT2D eigenvalue weighted by atomic mass is 19.1. The third-order valence-corrected chi connectivity index (χ3v) is 5.51. The number of nitro benzene ring substituents is 1. The van der Waals surface area contributed by atoms with Gasteiger partial charge in [-0.05, 0) is 48.4 Å². The Hall–Kier alpha value is -4.33. The first-order valence-electron chi connectivity index (χ1n) is 9.76. The van der Waals surface area contributed by atoms with Crippen LogP contribution in [-0.4, -0.2) is 10.8 Å². The maximum Gasteiger partial charge on any atom is 0.295 e. The minimum Gasteiger partial charge on any atom is -0.450 e. The van der Waals surface area contributed by atoms with Crippen molar-refractivity contribution in [3.8, 4) is 0 Å².